The van der Waals surface area contributed by atoms with Crippen molar-refractivity contribution in [2.45, 2.75) is 52.0 Å². The summed E-state index contributed by atoms with van der Waals surface area (Å²) in [5.74, 6) is 1.50. The molecule has 3 rings (SSSR count). The van der Waals surface area contributed by atoms with Crippen molar-refractivity contribution in [3.05, 3.63) is 48.1 Å². The summed E-state index contributed by atoms with van der Waals surface area (Å²) in [7, 11) is 0. The van der Waals surface area contributed by atoms with Gasteiger partial charge in [-0.3, -0.25) is 4.98 Å². The molecule has 1 aliphatic carbocycles. The lowest BCUT2D eigenvalue weighted by Gasteiger charge is -2.23. The monoisotopic (exact) mass is 366 g/mol. The number of anilines is 2. The molecule has 6 N–H and O–H groups in total. The Labute approximate surface area is 161 Å². The highest BCUT2D eigenvalue weighted by Gasteiger charge is 2.13. The van der Waals surface area contributed by atoms with Gasteiger partial charge in [-0.1, -0.05) is 33.1 Å². The summed E-state index contributed by atoms with van der Waals surface area (Å²) in [4.78, 5) is 9.19. The number of rotatable bonds is 6. The van der Waals surface area contributed by atoms with Crippen LogP contribution in [0.15, 0.2) is 48.1 Å². The Morgan fingerprint density at radius 3 is 2.67 bits per heavy atom. The highest BCUT2D eigenvalue weighted by atomic mass is 15.1. The third kappa shape index (κ3) is 5.12. The summed E-state index contributed by atoms with van der Waals surface area (Å²) in [6, 6.07) is 6.42. The van der Waals surface area contributed by atoms with Crippen LogP contribution in [0.4, 0.5) is 11.5 Å². The van der Waals surface area contributed by atoms with Gasteiger partial charge < -0.3 is 22.1 Å². The lowest BCUT2D eigenvalue weighted by molar-refractivity contribution is 0.462. The van der Waals surface area contributed by atoms with Gasteiger partial charge in [-0.15, -0.1) is 0 Å². The van der Waals surface area contributed by atoms with Crippen LogP contribution in [0.25, 0.3) is 11.0 Å². The zero-order chi connectivity index (χ0) is 19.2. The number of allylic oxidation sites excluding steroid dienone is 2. The Morgan fingerprint density at radius 2 is 1.96 bits per heavy atom. The van der Waals surface area contributed by atoms with Crippen LogP contribution in [0, 0.1) is 5.92 Å². The van der Waals surface area contributed by atoms with Gasteiger partial charge >= 0.3 is 0 Å². The maximum atomic E-state index is 6.10. The van der Waals surface area contributed by atoms with E-state index in [0.29, 0.717) is 23.6 Å². The second kappa shape index (κ2) is 8.75. The van der Waals surface area contributed by atoms with Crippen molar-refractivity contribution >= 4 is 22.5 Å². The van der Waals surface area contributed by atoms with Gasteiger partial charge in [0.05, 0.1) is 22.9 Å². The molecular formula is C21H30N6. The molecule has 0 atom stereocenters. The number of hydrogen-bond donors (Lipinski definition) is 4. The molecule has 0 radical (unpaired) electrons. The average molecular weight is 367 g/mol. The van der Waals surface area contributed by atoms with Gasteiger partial charge in [0.25, 0.3) is 0 Å². The number of nitrogens with zero attached hydrogens (tertiary/aromatic N) is 2. The summed E-state index contributed by atoms with van der Waals surface area (Å²) < 4.78 is 0. The number of pyridine rings is 2. The molecule has 27 heavy (non-hydrogen) atoms. The van der Waals surface area contributed by atoms with E-state index in [-0.39, 0.29) is 0 Å². The Balaban J connectivity index is 1.76. The summed E-state index contributed by atoms with van der Waals surface area (Å²) in [6.07, 6.45) is 11.7. The molecule has 0 unspecified atom stereocenters. The Kier molecular flexibility index (Phi) is 6.16. The zero-order valence-electron chi connectivity index (χ0n) is 16.2. The van der Waals surface area contributed by atoms with Crippen molar-refractivity contribution in [2.75, 3.05) is 10.6 Å². The molecule has 0 aliphatic heterocycles. The van der Waals surface area contributed by atoms with Crippen LogP contribution in [-0.4, -0.2) is 16.0 Å². The van der Waals surface area contributed by atoms with Gasteiger partial charge in [-0.2, -0.15) is 0 Å². The maximum absolute atomic E-state index is 6.10. The smallest absolute Gasteiger partial charge is 0.132 e. The number of fused-ring (bicyclic) bond motifs is 1. The predicted octanol–water partition coefficient (Wildman–Crippen LogP) is 4.09. The molecule has 1 aliphatic rings. The molecule has 2 aromatic rings. The van der Waals surface area contributed by atoms with Crippen LogP contribution < -0.4 is 22.1 Å². The molecule has 1 saturated carbocycles. The SMILES string of the molecule is CC(C)C(=C/N)/C=C(\N)Nc1ccc2ncc(NC3CCCCC3)cc2n1. The third-order valence-electron chi connectivity index (χ3n) is 4.97. The van der Waals surface area contributed by atoms with Crippen molar-refractivity contribution in [3.63, 3.8) is 0 Å². The minimum absolute atomic E-state index is 0.303. The summed E-state index contributed by atoms with van der Waals surface area (Å²) in [6.45, 7) is 4.15. The summed E-state index contributed by atoms with van der Waals surface area (Å²) in [5.41, 5.74) is 15.5. The van der Waals surface area contributed by atoms with Crippen molar-refractivity contribution in [2.24, 2.45) is 17.4 Å². The molecule has 6 heteroatoms. The molecule has 0 aromatic carbocycles. The van der Waals surface area contributed by atoms with E-state index in [4.69, 9.17) is 11.5 Å². The summed E-state index contributed by atoms with van der Waals surface area (Å²) in [5, 5.41) is 6.74. The van der Waals surface area contributed by atoms with Crippen molar-refractivity contribution in [3.8, 4) is 0 Å². The van der Waals surface area contributed by atoms with Crippen LogP contribution in [0.1, 0.15) is 46.0 Å². The van der Waals surface area contributed by atoms with E-state index in [9.17, 15) is 0 Å². The standard InChI is InChI=1S/C21H30N6/c1-14(2)15(12-22)10-20(23)27-21-9-8-18-19(26-21)11-17(13-24-18)25-16-6-4-3-5-7-16/h8-14,16,25H,3-7,22-23H2,1-2H3,(H,26,27)/b15-12+,20-10+. The van der Waals surface area contributed by atoms with Crippen molar-refractivity contribution in [1.82, 2.24) is 9.97 Å². The Morgan fingerprint density at radius 1 is 1.19 bits per heavy atom. The average Bonchev–Trinajstić information content (AvgIpc) is 2.66. The number of nitrogens with two attached hydrogens (primary N) is 2. The second-order valence-electron chi connectivity index (χ2n) is 7.48. The molecule has 0 spiro atoms. The summed E-state index contributed by atoms with van der Waals surface area (Å²) >= 11 is 0. The van der Waals surface area contributed by atoms with Gasteiger partial charge in [-0.05, 0) is 54.8 Å². The number of aromatic nitrogens is 2. The highest BCUT2D eigenvalue weighted by Crippen LogP contribution is 2.23. The van der Waals surface area contributed by atoms with E-state index in [1.165, 1.54) is 32.1 Å². The normalized spacial score (nSPS) is 16.7. The number of nitrogens with one attached hydrogen (secondary N) is 2. The van der Waals surface area contributed by atoms with Gasteiger partial charge in [-0.25, -0.2) is 4.98 Å². The van der Waals surface area contributed by atoms with E-state index in [1.54, 1.807) is 6.20 Å². The maximum Gasteiger partial charge on any atom is 0.132 e. The van der Waals surface area contributed by atoms with E-state index in [2.05, 4.69) is 40.5 Å². The zero-order valence-corrected chi connectivity index (χ0v) is 16.2. The van der Waals surface area contributed by atoms with Crippen LogP contribution in [-0.2, 0) is 0 Å². The molecule has 2 heterocycles. The second-order valence-corrected chi connectivity index (χ2v) is 7.48. The fourth-order valence-corrected chi connectivity index (χ4v) is 3.41. The molecule has 0 bridgehead atoms. The van der Waals surface area contributed by atoms with Crippen molar-refractivity contribution in [1.29, 1.82) is 0 Å². The molecule has 2 aromatic heterocycles. The molecule has 6 nitrogen and oxygen atoms in total. The molecule has 144 valence electrons. The van der Waals surface area contributed by atoms with Crippen LogP contribution >= 0.6 is 0 Å². The van der Waals surface area contributed by atoms with E-state index >= 15 is 0 Å². The first-order valence-electron chi connectivity index (χ1n) is 9.74. The minimum atomic E-state index is 0.303. The first-order valence-corrected chi connectivity index (χ1v) is 9.74. The lowest BCUT2D eigenvalue weighted by Crippen LogP contribution is -2.22. The minimum Gasteiger partial charge on any atom is -0.404 e. The fourth-order valence-electron chi connectivity index (χ4n) is 3.41. The van der Waals surface area contributed by atoms with Crippen LogP contribution in [0.2, 0.25) is 0 Å². The molecule has 0 saturated heterocycles. The Bertz CT molecular complexity index is 834. The van der Waals surface area contributed by atoms with E-state index in [1.807, 2.05) is 24.4 Å². The molecule has 0 amide bonds. The highest BCUT2D eigenvalue weighted by molar-refractivity contribution is 5.79. The predicted molar refractivity (Wildman–Crippen MR) is 113 cm³/mol. The quantitative estimate of drug-likeness (QED) is 0.575. The number of hydrogen-bond acceptors (Lipinski definition) is 6. The molecule has 1 fully saturated rings. The van der Waals surface area contributed by atoms with Gasteiger partial charge in [0.2, 0.25) is 0 Å². The van der Waals surface area contributed by atoms with Gasteiger partial charge in [0, 0.05) is 6.04 Å². The van der Waals surface area contributed by atoms with E-state index in [0.717, 1.165) is 22.3 Å². The van der Waals surface area contributed by atoms with Gasteiger partial charge in [0.1, 0.15) is 11.6 Å². The topological polar surface area (TPSA) is 102 Å². The Hall–Kier alpha value is -2.76. The van der Waals surface area contributed by atoms with Crippen molar-refractivity contribution < 1.29 is 0 Å². The first-order chi connectivity index (χ1) is 13.0. The lowest BCUT2D eigenvalue weighted by atomic mass is 9.95. The van der Waals surface area contributed by atoms with E-state index < -0.39 is 0 Å². The van der Waals surface area contributed by atoms with Gasteiger partial charge in [0.15, 0.2) is 0 Å². The fraction of sp³-hybridized carbons (Fsp3) is 0.429. The van der Waals surface area contributed by atoms with Crippen LogP contribution in [0.5, 0.6) is 0 Å². The first kappa shape index (κ1) is 19.0. The van der Waals surface area contributed by atoms with Crippen LogP contribution in [0.3, 0.4) is 0 Å². The molecular weight excluding hydrogens is 336 g/mol. The largest absolute Gasteiger partial charge is 0.404 e. The third-order valence-corrected chi connectivity index (χ3v) is 4.97.